The standard InChI is InChI=1S/C15H15ClN2O/c16-9-11-18(12-13-6-2-1-3-7-13)15(19)14-8-4-5-10-17-14/h1-8,10H,9,11-12H2. The van der Waals surface area contributed by atoms with E-state index in [4.69, 9.17) is 11.6 Å². The van der Waals surface area contributed by atoms with Crippen molar-refractivity contribution in [2.45, 2.75) is 6.54 Å². The van der Waals surface area contributed by atoms with Crippen molar-refractivity contribution in [3.8, 4) is 0 Å². The molecule has 4 heteroatoms. The van der Waals surface area contributed by atoms with Gasteiger partial charge in [0.1, 0.15) is 5.69 Å². The van der Waals surface area contributed by atoms with E-state index in [-0.39, 0.29) is 5.91 Å². The number of hydrogen-bond acceptors (Lipinski definition) is 2. The van der Waals surface area contributed by atoms with Crippen molar-refractivity contribution in [3.63, 3.8) is 0 Å². The van der Waals surface area contributed by atoms with E-state index in [9.17, 15) is 4.79 Å². The van der Waals surface area contributed by atoms with Crippen LogP contribution in [-0.4, -0.2) is 28.2 Å². The van der Waals surface area contributed by atoms with Gasteiger partial charge in [-0.25, -0.2) is 0 Å². The Balaban J connectivity index is 2.14. The molecule has 0 aliphatic rings. The highest BCUT2D eigenvalue weighted by Crippen LogP contribution is 2.08. The molecule has 0 saturated carbocycles. The van der Waals surface area contributed by atoms with Crippen LogP contribution >= 0.6 is 11.6 Å². The number of amides is 1. The zero-order valence-electron chi connectivity index (χ0n) is 10.5. The molecule has 0 bridgehead atoms. The van der Waals surface area contributed by atoms with Gasteiger partial charge >= 0.3 is 0 Å². The van der Waals surface area contributed by atoms with Crippen molar-refractivity contribution in [2.24, 2.45) is 0 Å². The summed E-state index contributed by atoms with van der Waals surface area (Å²) in [5.74, 6) is 0.316. The molecule has 0 atom stereocenters. The molecule has 0 N–H and O–H groups in total. The largest absolute Gasteiger partial charge is 0.332 e. The molecule has 3 nitrogen and oxygen atoms in total. The Bertz CT molecular complexity index is 516. The molecule has 1 aromatic heterocycles. The summed E-state index contributed by atoms with van der Waals surface area (Å²) in [4.78, 5) is 18.1. The van der Waals surface area contributed by atoms with Crippen LogP contribution in [0.5, 0.6) is 0 Å². The lowest BCUT2D eigenvalue weighted by Crippen LogP contribution is -2.32. The summed E-state index contributed by atoms with van der Waals surface area (Å²) >= 11 is 5.78. The molecule has 0 saturated heterocycles. The first-order chi connectivity index (χ1) is 9.31. The minimum Gasteiger partial charge on any atom is -0.332 e. The number of halogens is 1. The molecular weight excluding hydrogens is 260 g/mol. The minimum absolute atomic E-state index is 0.0925. The molecule has 0 radical (unpaired) electrons. The highest BCUT2D eigenvalue weighted by atomic mass is 35.5. The lowest BCUT2D eigenvalue weighted by molar-refractivity contribution is 0.0748. The van der Waals surface area contributed by atoms with Crippen LogP contribution in [0.15, 0.2) is 54.7 Å². The van der Waals surface area contributed by atoms with Gasteiger partial charge in [-0.1, -0.05) is 36.4 Å². The van der Waals surface area contributed by atoms with Gasteiger partial charge in [-0.2, -0.15) is 0 Å². The maximum Gasteiger partial charge on any atom is 0.272 e. The van der Waals surface area contributed by atoms with Gasteiger partial charge in [0.15, 0.2) is 0 Å². The second kappa shape index (κ2) is 6.90. The van der Waals surface area contributed by atoms with Gasteiger partial charge in [-0.3, -0.25) is 9.78 Å². The number of nitrogens with zero attached hydrogens (tertiary/aromatic N) is 2. The molecule has 2 aromatic rings. The summed E-state index contributed by atoms with van der Waals surface area (Å²) in [6.07, 6.45) is 1.62. The summed E-state index contributed by atoms with van der Waals surface area (Å²) in [6, 6.07) is 15.2. The summed E-state index contributed by atoms with van der Waals surface area (Å²) in [5.41, 5.74) is 1.53. The topological polar surface area (TPSA) is 33.2 Å². The lowest BCUT2D eigenvalue weighted by Gasteiger charge is -2.21. The molecule has 1 heterocycles. The first-order valence-electron chi connectivity index (χ1n) is 6.11. The third kappa shape index (κ3) is 3.80. The first-order valence-corrected chi connectivity index (χ1v) is 6.65. The number of aromatic nitrogens is 1. The molecule has 0 unspecified atom stereocenters. The summed E-state index contributed by atoms with van der Waals surface area (Å²) in [7, 11) is 0. The van der Waals surface area contributed by atoms with Gasteiger partial charge in [0.25, 0.3) is 5.91 Å². The maximum atomic E-state index is 12.3. The Morgan fingerprint density at radius 2 is 1.84 bits per heavy atom. The summed E-state index contributed by atoms with van der Waals surface area (Å²) < 4.78 is 0. The normalized spacial score (nSPS) is 10.2. The maximum absolute atomic E-state index is 12.3. The van der Waals surface area contributed by atoms with Crippen molar-refractivity contribution in [1.82, 2.24) is 9.88 Å². The van der Waals surface area contributed by atoms with Crippen LogP contribution in [0.3, 0.4) is 0 Å². The third-order valence-electron chi connectivity index (χ3n) is 2.74. The van der Waals surface area contributed by atoms with Gasteiger partial charge in [0, 0.05) is 25.2 Å². The zero-order chi connectivity index (χ0) is 13.5. The Labute approximate surface area is 117 Å². The van der Waals surface area contributed by atoms with E-state index in [1.54, 1.807) is 23.2 Å². The molecule has 0 fully saturated rings. The number of alkyl halides is 1. The van der Waals surface area contributed by atoms with Gasteiger partial charge < -0.3 is 4.90 Å². The minimum atomic E-state index is -0.0925. The van der Waals surface area contributed by atoms with E-state index in [2.05, 4.69) is 4.98 Å². The Morgan fingerprint density at radius 3 is 2.47 bits per heavy atom. The number of pyridine rings is 1. The van der Waals surface area contributed by atoms with Crippen LogP contribution < -0.4 is 0 Å². The molecule has 1 aromatic carbocycles. The SMILES string of the molecule is O=C(c1ccccn1)N(CCCl)Cc1ccccc1. The van der Waals surface area contributed by atoms with Gasteiger partial charge in [0.2, 0.25) is 0 Å². The third-order valence-corrected chi connectivity index (χ3v) is 2.91. The van der Waals surface area contributed by atoms with Crippen molar-refractivity contribution >= 4 is 17.5 Å². The van der Waals surface area contributed by atoms with Crippen molar-refractivity contribution in [2.75, 3.05) is 12.4 Å². The predicted molar refractivity (Wildman–Crippen MR) is 76.1 cm³/mol. The fourth-order valence-electron chi connectivity index (χ4n) is 1.81. The molecule has 0 spiro atoms. The van der Waals surface area contributed by atoms with E-state index >= 15 is 0 Å². The van der Waals surface area contributed by atoms with E-state index in [0.717, 1.165) is 5.56 Å². The molecule has 0 aliphatic heterocycles. The highest BCUT2D eigenvalue weighted by molar-refractivity contribution is 6.18. The predicted octanol–water partition coefficient (Wildman–Crippen LogP) is 2.96. The summed E-state index contributed by atoms with van der Waals surface area (Å²) in [6.45, 7) is 1.05. The van der Waals surface area contributed by atoms with E-state index < -0.39 is 0 Å². The van der Waals surface area contributed by atoms with Crippen molar-refractivity contribution in [1.29, 1.82) is 0 Å². The van der Waals surface area contributed by atoms with Crippen LogP contribution in [0.4, 0.5) is 0 Å². The van der Waals surface area contributed by atoms with Crippen LogP contribution in [0, 0.1) is 0 Å². The number of rotatable bonds is 5. The highest BCUT2D eigenvalue weighted by Gasteiger charge is 2.16. The molecule has 0 aliphatic carbocycles. The van der Waals surface area contributed by atoms with Gasteiger partial charge in [-0.15, -0.1) is 11.6 Å². The first kappa shape index (κ1) is 13.6. The average molecular weight is 275 g/mol. The van der Waals surface area contributed by atoms with E-state index in [1.807, 2.05) is 36.4 Å². The van der Waals surface area contributed by atoms with E-state index in [1.165, 1.54) is 0 Å². The number of carbonyl (C=O) groups excluding carboxylic acids is 1. The second-order valence-electron chi connectivity index (χ2n) is 4.12. The fraction of sp³-hybridized carbons (Fsp3) is 0.200. The Hall–Kier alpha value is -1.87. The molecule has 1 amide bonds. The second-order valence-corrected chi connectivity index (χ2v) is 4.49. The number of hydrogen-bond donors (Lipinski definition) is 0. The molecular formula is C15H15ClN2O. The van der Waals surface area contributed by atoms with Gasteiger partial charge in [0.05, 0.1) is 0 Å². The van der Waals surface area contributed by atoms with Crippen LogP contribution in [0.2, 0.25) is 0 Å². The molecule has 98 valence electrons. The molecule has 19 heavy (non-hydrogen) atoms. The lowest BCUT2D eigenvalue weighted by atomic mass is 10.2. The number of carbonyl (C=O) groups is 1. The number of benzene rings is 1. The van der Waals surface area contributed by atoms with Crippen molar-refractivity contribution < 1.29 is 4.79 Å². The average Bonchev–Trinajstić information content (AvgIpc) is 2.48. The zero-order valence-corrected chi connectivity index (χ0v) is 11.3. The smallest absolute Gasteiger partial charge is 0.272 e. The van der Waals surface area contributed by atoms with Crippen LogP contribution in [0.25, 0.3) is 0 Å². The van der Waals surface area contributed by atoms with Crippen LogP contribution in [0.1, 0.15) is 16.1 Å². The quantitative estimate of drug-likeness (QED) is 0.786. The molecule has 2 rings (SSSR count). The van der Waals surface area contributed by atoms with Gasteiger partial charge in [-0.05, 0) is 17.7 Å². The fourth-order valence-corrected chi connectivity index (χ4v) is 2.01. The Kier molecular flexibility index (Phi) is 4.93. The monoisotopic (exact) mass is 274 g/mol. The summed E-state index contributed by atoms with van der Waals surface area (Å²) in [5, 5.41) is 0. The Morgan fingerprint density at radius 1 is 1.11 bits per heavy atom. The van der Waals surface area contributed by atoms with Crippen molar-refractivity contribution in [3.05, 3.63) is 66.0 Å². The van der Waals surface area contributed by atoms with E-state index in [0.29, 0.717) is 24.7 Å². The van der Waals surface area contributed by atoms with Crippen LogP contribution in [-0.2, 0) is 6.54 Å².